The van der Waals surface area contributed by atoms with Gasteiger partial charge in [0.15, 0.2) is 23.3 Å². The summed E-state index contributed by atoms with van der Waals surface area (Å²) in [5, 5.41) is 0. The third-order valence-corrected chi connectivity index (χ3v) is 3.66. The van der Waals surface area contributed by atoms with Crippen molar-refractivity contribution >= 4 is 44.9 Å². The maximum absolute atomic E-state index is 5.71. The summed E-state index contributed by atoms with van der Waals surface area (Å²) >= 11 is 0. The lowest BCUT2D eigenvalue weighted by molar-refractivity contribution is 0.550. The van der Waals surface area contributed by atoms with Gasteiger partial charge in [0.1, 0.15) is 11.0 Å². The monoisotopic (exact) mass is 319 g/mol. The lowest BCUT2D eigenvalue weighted by Crippen LogP contribution is -1.78. The predicted molar refractivity (Wildman–Crippen MR) is 79.9 cm³/mol. The topological polar surface area (TPSA) is 117 Å². The molecule has 0 spiro atoms. The molecule has 0 bridgehead atoms. The molecule has 6 aromatic heterocycles. The van der Waals surface area contributed by atoms with Crippen molar-refractivity contribution in [1.82, 2.24) is 24.9 Å². The van der Waals surface area contributed by atoms with Gasteiger partial charge in [0.25, 0.3) is 5.89 Å². The Labute approximate surface area is 130 Å². The molecule has 0 aliphatic carbocycles. The van der Waals surface area contributed by atoms with Crippen LogP contribution in [0.15, 0.2) is 48.5 Å². The van der Waals surface area contributed by atoms with E-state index in [1.54, 1.807) is 18.2 Å². The Balaban J connectivity index is 1.58. The third-order valence-electron chi connectivity index (χ3n) is 3.66. The molecule has 6 heterocycles. The summed E-state index contributed by atoms with van der Waals surface area (Å²) in [5.74, 6) is 0.682. The molecule has 9 heteroatoms. The fourth-order valence-corrected chi connectivity index (χ4v) is 2.58. The Morgan fingerprint density at radius 1 is 0.750 bits per heavy atom. The van der Waals surface area contributed by atoms with E-state index in [1.807, 2.05) is 0 Å². The first kappa shape index (κ1) is 11.8. The molecule has 0 radical (unpaired) electrons. The molecule has 0 saturated heterocycles. The van der Waals surface area contributed by atoms with E-state index in [0.29, 0.717) is 50.7 Å². The molecule has 0 aliphatic heterocycles. The molecule has 0 unspecified atom stereocenters. The van der Waals surface area contributed by atoms with Gasteiger partial charge in [-0.25, -0.2) is 9.97 Å². The van der Waals surface area contributed by atoms with E-state index in [4.69, 9.17) is 17.7 Å². The van der Waals surface area contributed by atoms with Crippen molar-refractivity contribution in [1.29, 1.82) is 0 Å². The maximum atomic E-state index is 5.71. The molecule has 0 N–H and O–H groups in total. The van der Waals surface area contributed by atoms with E-state index in [0.717, 1.165) is 0 Å². The van der Waals surface area contributed by atoms with Crippen molar-refractivity contribution in [2.75, 3.05) is 0 Å². The molecule has 0 aromatic carbocycles. The van der Waals surface area contributed by atoms with Crippen LogP contribution in [0, 0.1) is 0 Å². The Morgan fingerprint density at radius 2 is 1.75 bits per heavy atom. The molecule has 0 atom stereocenters. The summed E-state index contributed by atoms with van der Waals surface area (Å²) in [6.07, 6.45) is 2.85. The van der Waals surface area contributed by atoms with Gasteiger partial charge in [-0.3, -0.25) is 0 Å². The van der Waals surface area contributed by atoms with Crippen LogP contribution in [0.1, 0.15) is 0 Å². The zero-order valence-corrected chi connectivity index (χ0v) is 11.8. The van der Waals surface area contributed by atoms with Crippen LogP contribution < -0.4 is 0 Å². The van der Waals surface area contributed by atoms with Gasteiger partial charge in [0.05, 0.1) is 6.26 Å². The minimum absolute atomic E-state index is 0.279. The van der Waals surface area contributed by atoms with Gasteiger partial charge in [-0.1, -0.05) is 0 Å². The molecule has 0 aliphatic rings. The van der Waals surface area contributed by atoms with Gasteiger partial charge in [-0.15, -0.1) is 0 Å². The summed E-state index contributed by atoms with van der Waals surface area (Å²) < 4.78 is 21.8. The maximum Gasteiger partial charge on any atom is 0.265 e. The van der Waals surface area contributed by atoms with E-state index in [9.17, 15) is 0 Å². The minimum atomic E-state index is 0.279. The van der Waals surface area contributed by atoms with Crippen molar-refractivity contribution < 1.29 is 17.7 Å². The van der Waals surface area contributed by atoms with Crippen LogP contribution in [0.5, 0.6) is 0 Å². The Kier molecular flexibility index (Phi) is 1.94. The third kappa shape index (κ3) is 1.50. The van der Waals surface area contributed by atoms with Crippen molar-refractivity contribution in [2.45, 2.75) is 0 Å². The summed E-state index contributed by atoms with van der Waals surface area (Å²) in [7, 11) is 0. The van der Waals surface area contributed by atoms with Crippen molar-refractivity contribution in [2.24, 2.45) is 0 Å². The highest BCUT2D eigenvalue weighted by Crippen LogP contribution is 2.30. The summed E-state index contributed by atoms with van der Waals surface area (Å²) in [5.41, 5.74) is 3.89. The summed E-state index contributed by atoms with van der Waals surface area (Å²) in [6, 6.07) is 5.13. The predicted octanol–water partition coefficient (Wildman–Crippen LogP) is 3.31. The lowest BCUT2D eigenvalue weighted by atomic mass is 10.4. The Hall–Kier alpha value is -3.75. The molecule has 24 heavy (non-hydrogen) atoms. The molecule has 6 rings (SSSR count). The van der Waals surface area contributed by atoms with E-state index in [1.165, 1.54) is 12.7 Å². The van der Waals surface area contributed by atoms with Gasteiger partial charge in [-0.05, 0) is 0 Å². The zero-order valence-electron chi connectivity index (χ0n) is 11.8. The van der Waals surface area contributed by atoms with Gasteiger partial charge in [-0.2, -0.15) is 15.0 Å². The highest BCUT2D eigenvalue weighted by Gasteiger charge is 2.17. The fraction of sp³-hybridized carbons (Fsp3) is 0. The molecule has 114 valence electrons. The van der Waals surface area contributed by atoms with Crippen molar-refractivity contribution in [3.05, 3.63) is 30.9 Å². The van der Waals surface area contributed by atoms with E-state index in [2.05, 4.69) is 24.9 Å². The van der Waals surface area contributed by atoms with Crippen LogP contribution in [0.4, 0.5) is 0 Å². The molecule has 0 fully saturated rings. The highest BCUT2D eigenvalue weighted by atomic mass is 16.4. The Morgan fingerprint density at radius 3 is 2.75 bits per heavy atom. The van der Waals surface area contributed by atoms with E-state index < -0.39 is 0 Å². The molecule has 9 nitrogen and oxygen atoms in total. The largest absolute Gasteiger partial charge is 0.445 e. The number of furan rings is 2. The van der Waals surface area contributed by atoms with E-state index >= 15 is 0 Å². The Bertz CT molecular complexity index is 1170. The molecule has 6 aromatic rings. The number of hydrogen-bond donors (Lipinski definition) is 0. The highest BCUT2D eigenvalue weighted by molar-refractivity contribution is 5.85. The van der Waals surface area contributed by atoms with Crippen LogP contribution in [0.3, 0.4) is 0 Å². The van der Waals surface area contributed by atoms with E-state index in [-0.39, 0.29) is 5.89 Å². The SMILES string of the molecule is c1nc2nc3nc(-c4cc5nc6ccoc6nc5o4)oc3cc2o1. The van der Waals surface area contributed by atoms with Crippen molar-refractivity contribution in [3.63, 3.8) is 0 Å². The second-order valence-electron chi connectivity index (χ2n) is 5.14. The number of nitrogens with zero attached hydrogens (tertiary/aromatic N) is 5. The van der Waals surface area contributed by atoms with Crippen LogP contribution >= 0.6 is 0 Å². The normalized spacial score (nSPS) is 12.2. The zero-order chi connectivity index (χ0) is 15.7. The van der Waals surface area contributed by atoms with Gasteiger partial charge in [0.2, 0.25) is 22.7 Å². The quantitative estimate of drug-likeness (QED) is 0.449. The second kappa shape index (κ2) is 3.96. The molecular formula is C15H5N5O4. The number of aromatic nitrogens is 5. The van der Waals surface area contributed by atoms with Crippen LogP contribution in [0.2, 0.25) is 0 Å². The van der Waals surface area contributed by atoms with Gasteiger partial charge in [0, 0.05) is 18.2 Å². The lowest BCUT2D eigenvalue weighted by Gasteiger charge is -1.86. The smallest absolute Gasteiger partial charge is 0.265 e. The number of oxazole rings is 2. The molecule has 0 amide bonds. The number of rotatable bonds is 1. The average Bonchev–Trinajstić information content (AvgIpc) is 3.33. The first-order valence-electron chi connectivity index (χ1n) is 6.99. The minimum Gasteiger partial charge on any atom is -0.445 e. The van der Waals surface area contributed by atoms with Gasteiger partial charge < -0.3 is 17.7 Å². The van der Waals surface area contributed by atoms with Crippen LogP contribution in [-0.4, -0.2) is 24.9 Å². The first-order valence-corrected chi connectivity index (χ1v) is 6.99. The van der Waals surface area contributed by atoms with Crippen LogP contribution in [0.25, 0.3) is 56.6 Å². The van der Waals surface area contributed by atoms with Crippen molar-refractivity contribution in [3.8, 4) is 11.7 Å². The summed E-state index contributed by atoms with van der Waals surface area (Å²) in [4.78, 5) is 21.3. The fourth-order valence-electron chi connectivity index (χ4n) is 2.58. The standard InChI is InChI=1S/C15H5N5O4/c1-2-21-13-6(1)17-7-3-10(24-14(7)20-13)15-19-12-9(23-15)4-8-11(18-12)16-5-22-8/h1-5H. The number of pyridine rings is 1. The second-order valence-corrected chi connectivity index (χ2v) is 5.14. The van der Waals surface area contributed by atoms with Gasteiger partial charge >= 0.3 is 0 Å². The molecular weight excluding hydrogens is 314 g/mol. The van der Waals surface area contributed by atoms with Crippen LogP contribution in [-0.2, 0) is 0 Å². The molecule has 0 saturated carbocycles. The summed E-state index contributed by atoms with van der Waals surface area (Å²) in [6.45, 7) is 0. The number of hydrogen-bond acceptors (Lipinski definition) is 9. The average molecular weight is 319 g/mol. The first-order chi connectivity index (χ1) is 11.8. The number of fused-ring (bicyclic) bond motifs is 4.